The fourth-order valence-corrected chi connectivity index (χ4v) is 4.69. The van der Waals surface area contributed by atoms with Gasteiger partial charge in [-0.1, -0.05) is 23.7 Å². The fraction of sp³-hybridized carbons (Fsp3) is 0.250. The van der Waals surface area contributed by atoms with Gasteiger partial charge >= 0.3 is 5.56 Å². The Bertz CT molecular complexity index is 1430. The summed E-state index contributed by atoms with van der Waals surface area (Å²) in [6.45, 7) is 2.10. The molecule has 1 saturated heterocycles. The number of morpholine rings is 1. The highest BCUT2D eigenvalue weighted by Gasteiger charge is 2.19. The van der Waals surface area contributed by atoms with Crippen molar-refractivity contribution >= 4 is 33.8 Å². The molecule has 0 spiro atoms. The van der Waals surface area contributed by atoms with E-state index in [9.17, 15) is 9.59 Å². The van der Waals surface area contributed by atoms with Gasteiger partial charge in [0.25, 0.3) is 5.91 Å². The minimum absolute atomic E-state index is 0.0892. The van der Waals surface area contributed by atoms with Gasteiger partial charge in [-0.05, 0) is 30.3 Å². The third kappa shape index (κ3) is 4.86. The van der Waals surface area contributed by atoms with Crippen molar-refractivity contribution in [2.45, 2.75) is 0 Å². The number of thiazole rings is 1. The first-order valence-corrected chi connectivity index (χ1v) is 12.1. The summed E-state index contributed by atoms with van der Waals surface area (Å²) in [7, 11) is 1.54. The molecule has 1 amide bonds. The zero-order chi connectivity index (χ0) is 24.4. The van der Waals surface area contributed by atoms with Gasteiger partial charge in [0, 0.05) is 34.6 Å². The molecule has 1 aliphatic rings. The van der Waals surface area contributed by atoms with E-state index < -0.39 is 5.56 Å². The van der Waals surface area contributed by atoms with E-state index in [4.69, 9.17) is 25.8 Å². The Morgan fingerprint density at radius 1 is 1.11 bits per heavy atom. The number of rotatable bonds is 6. The normalized spacial score (nSPS) is 13.7. The van der Waals surface area contributed by atoms with Gasteiger partial charge in [0.1, 0.15) is 0 Å². The maximum absolute atomic E-state index is 12.6. The first-order chi connectivity index (χ1) is 17.0. The molecule has 5 rings (SSSR count). The van der Waals surface area contributed by atoms with Gasteiger partial charge in [0.05, 0.1) is 26.0 Å². The highest BCUT2D eigenvalue weighted by molar-refractivity contribution is 7.15. The zero-order valence-corrected chi connectivity index (χ0v) is 20.3. The lowest BCUT2D eigenvalue weighted by molar-refractivity contribution is -0.137. The first-order valence-electron chi connectivity index (χ1n) is 10.8. The second kappa shape index (κ2) is 10.0. The van der Waals surface area contributed by atoms with Gasteiger partial charge in [0.15, 0.2) is 23.8 Å². The lowest BCUT2D eigenvalue weighted by Gasteiger charge is -2.26. The average molecular weight is 513 g/mol. The number of fused-ring (bicyclic) bond motifs is 1. The van der Waals surface area contributed by atoms with Crippen LogP contribution in [0.25, 0.3) is 27.5 Å². The number of hydrogen-bond acceptors (Lipinski definition) is 8. The van der Waals surface area contributed by atoms with Crippen LogP contribution in [0.5, 0.6) is 11.5 Å². The van der Waals surface area contributed by atoms with E-state index in [-0.39, 0.29) is 18.2 Å². The van der Waals surface area contributed by atoms with E-state index in [1.165, 1.54) is 18.4 Å². The molecule has 35 heavy (non-hydrogen) atoms. The zero-order valence-electron chi connectivity index (χ0n) is 18.8. The summed E-state index contributed by atoms with van der Waals surface area (Å²) in [6, 6.07) is 12.3. The topological polar surface area (TPSA) is 95.3 Å². The monoisotopic (exact) mass is 512 g/mol. The van der Waals surface area contributed by atoms with Crippen molar-refractivity contribution in [2.24, 2.45) is 0 Å². The predicted molar refractivity (Wildman–Crippen MR) is 132 cm³/mol. The second-order valence-electron chi connectivity index (χ2n) is 7.74. The lowest BCUT2D eigenvalue weighted by atomic mass is 10.1. The maximum atomic E-state index is 12.6. The number of ether oxygens (including phenoxy) is 3. The van der Waals surface area contributed by atoms with Crippen molar-refractivity contribution in [3.05, 3.63) is 63.2 Å². The number of hydrogen-bond donors (Lipinski definition) is 0. The van der Waals surface area contributed by atoms with Crippen LogP contribution in [-0.4, -0.2) is 65.4 Å². The first kappa shape index (κ1) is 23.3. The molecule has 1 aliphatic heterocycles. The summed E-state index contributed by atoms with van der Waals surface area (Å²) in [5.74, 6) is 0.831. The van der Waals surface area contributed by atoms with E-state index >= 15 is 0 Å². The summed E-state index contributed by atoms with van der Waals surface area (Å²) in [5, 5.41) is 7.02. The van der Waals surface area contributed by atoms with Crippen LogP contribution in [-0.2, 0) is 9.53 Å². The van der Waals surface area contributed by atoms with Crippen LogP contribution in [0.4, 0.5) is 0 Å². The summed E-state index contributed by atoms with van der Waals surface area (Å²) < 4.78 is 18.2. The molecular weight excluding hydrogens is 492 g/mol. The van der Waals surface area contributed by atoms with Crippen molar-refractivity contribution in [3.8, 4) is 34.0 Å². The van der Waals surface area contributed by atoms with E-state index in [0.29, 0.717) is 53.3 Å². The predicted octanol–water partition coefficient (Wildman–Crippen LogP) is 3.38. The molecule has 0 saturated carbocycles. The maximum Gasteiger partial charge on any atom is 0.300 e. The third-order valence-corrected chi connectivity index (χ3v) is 6.65. The Balaban J connectivity index is 1.43. The molecule has 0 N–H and O–H groups in total. The van der Waals surface area contributed by atoms with Crippen LogP contribution in [0.1, 0.15) is 0 Å². The smallest absolute Gasteiger partial charge is 0.300 e. The van der Waals surface area contributed by atoms with E-state index in [1.54, 1.807) is 45.8 Å². The highest BCUT2D eigenvalue weighted by atomic mass is 35.5. The molecule has 0 radical (unpaired) electrons. The number of carbonyl (C=O) groups excluding carboxylic acids is 1. The van der Waals surface area contributed by atoms with E-state index in [2.05, 4.69) is 10.1 Å². The summed E-state index contributed by atoms with van der Waals surface area (Å²) >= 11 is 7.29. The molecule has 1 fully saturated rings. The number of benzene rings is 2. The molecule has 9 nitrogen and oxygen atoms in total. The minimum Gasteiger partial charge on any atom is -0.493 e. The van der Waals surface area contributed by atoms with Crippen LogP contribution >= 0.6 is 22.9 Å². The molecule has 180 valence electrons. The molecule has 11 heteroatoms. The van der Waals surface area contributed by atoms with Crippen LogP contribution in [0.3, 0.4) is 0 Å². The largest absolute Gasteiger partial charge is 0.493 e. The minimum atomic E-state index is -0.410. The van der Waals surface area contributed by atoms with Crippen LogP contribution in [0.2, 0.25) is 5.02 Å². The van der Waals surface area contributed by atoms with Crippen molar-refractivity contribution < 1.29 is 19.0 Å². The van der Waals surface area contributed by atoms with Crippen molar-refractivity contribution in [1.82, 2.24) is 19.5 Å². The van der Waals surface area contributed by atoms with Gasteiger partial charge in [-0.25, -0.2) is 4.52 Å². The molecule has 3 heterocycles. The van der Waals surface area contributed by atoms with E-state index in [1.807, 2.05) is 11.4 Å². The summed E-state index contributed by atoms with van der Waals surface area (Å²) in [5.41, 5.74) is 1.98. The molecule has 0 unspecified atom stereocenters. The summed E-state index contributed by atoms with van der Waals surface area (Å²) in [6.07, 6.45) is 0. The molecule has 0 bridgehead atoms. The average Bonchev–Trinajstić information content (AvgIpc) is 3.30. The molecule has 2 aromatic heterocycles. The van der Waals surface area contributed by atoms with Gasteiger partial charge in [-0.2, -0.15) is 10.1 Å². The number of amides is 1. The number of nitrogens with zero attached hydrogens (tertiary/aromatic N) is 4. The van der Waals surface area contributed by atoms with Crippen molar-refractivity contribution in [3.63, 3.8) is 0 Å². The van der Waals surface area contributed by atoms with Crippen LogP contribution < -0.4 is 15.0 Å². The van der Waals surface area contributed by atoms with Crippen molar-refractivity contribution in [2.75, 3.05) is 40.0 Å². The van der Waals surface area contributed by atoms with E-state index in [0.717, 1.165) is 11.3 Å². The van der Waals surface area contributed by atoms with Gasteiger partial charge in [-0.3, -0.25) is 9.59 Å². The number of methoxy groups -OCH3 is 1. The molecule has 0 atom stereocenters. The van der Waals surface area contributed by atoms with Crippen LogP contribution in [0, 0.1) is 0 Å². The highest BCUT2D eigenvalue weighted by Crippen LogP contribution is 2.34. The second-order valence-corrected chi connectivity index (χ2v) is 9.01. The quantitative estimate of drug-likeness (QED) is 0.391. The van der Waals surface area contributed by atoms with Gasteiger partial charge < -0.3 is 19.1 Å². The number of carbonyl (C=O) groups is 1. The van der Waals surface area contributed by atoms with Gasteiger partial charge in [0.2, 0.25) is 4.96 Å². The third-order valence-electron chi connectivity index (χ3n) is 5.58. The molecule has 2 aromatic carbocycles. The molecule has 0 aliphatic carbocycles. The SMILES string of the molecule is COc1cc(-c2csc3nc(=O)c(-c4ccc(Cl)cc4)nn23)ccc1OCC(=O)N1CCOCC1. The Morgan fingerprint density at radius 2 is 1.86 bits per heavy atom. The Hall–Kier alpha value is -3.47. The summed E-state index contributed by atoms with van der Waals surface area (Å²) in [4.78, 5) is 31.4. The number of halogens is 1. The number of aromatic nitrogens is 3. The fourth-order valence-electron chi connectivity index (χ4n) is 3.73. The lowest BCUT2D eigenvalue weighted by Crippen LogP contribution is -2.43. The van der Waals surface area contributed by atoms with Gasteiger partial charge in [-0.15, -0.1) is 11.3 Å². The molecule has 4 aromatic rings. The molecular formula is C24H21ClN4O5S. The Morgan fingerprint density at radius 3 is 2.60 bits per heavy atom. The Labute approximate surface area is 209 Å². The standard InChI is InChI=1S/C24H21ClN4O5S/c1-32-20-12-16(4-7-19(20)34-13-21(30)28-8-10-33-11-9-28)18-14-35-24-26-23(31)22(27-29(18)24)15-2-5-17(25)6-3-15/h2-7,12,14H,8-11,13H2,1H3. The Kier molecular flexibility index (Phi) is 6.67. The van der Waals surface area contributed by atoms with Crippen molar-refractivity contribution in [1.29, 1.82) is 0 Å². The van der Waals surface area contributed by atoms with Crippen LogP contribution in [0.15, 0.2) is 52.6 Å².